The van der Waals surface area contributed by atoms with Gasteiger partial charge in [-0.25, -0.2) is 9.97 Å². The first-order valence-corrected chi connectivity index (χ1v) is 8.38. The van der Waals surface area contributed by atoms with Crippen LogP contribution >= 0.6 is 0 Å². The monoisotopic (exact) mass is 293 g/mol. The maximum absolute atomic E-state index is 5.16. The zero-order valence-electron chi connectivity index (χ0n) is 13.9. The first-order valence-electron chi connectivity index (χ1n) is 8.38. The molecule has 1 heterocycles. The largest absolute Gasteiger partial charge is 0.481 e. The summed E-state index contributed by atoms with van der Waals surface area (Å²) < 4.78 is 5.16. The van der Waals surface area contributed by atoms with Crippen molar-refractivity contribution in [3.63, 3.8) is 0 Å². The van der Waals surface area contributed by atoms with Gasteiger partial charge in [-0.1, -0.05) is 52.4 Å². The van der Waals surface area contributed by atoms with Gasteiger partial charge in [0.25, 0.3) is 0 Å². The molecule has 0 radical (unpaired) electrons. The lowest BCUT2D eigenvalue weighted by Crippen LogP contribution is -2.31. The summed E-state index contributed by atoms with van der Waals surface area (Å²) in [7, 11) is 1.64. The van der Waals surface area contributed by atoms with Crippen molar-refractivity contribution < 1.29 is 4.74 Å². The SMILES string of the molecule is CCCCCCCCC(Cc1cc(OC)ncn1)NCC. The molecule has 4 heteroatoms. The predicted octanol–water partition coefficient (Wildman–Crippen LogP) is 3.76. The van der Waals surface area contributed by atoms with Crippen molar-refractivity contribution in [1.82, 2.24) is 15.3 Å². The van der Waals surface area contributed by atoms with E-state index in [2.05, 4.69) is 29.1 Å². The van der Waals surface area contributed by atoms with E-state index in [0.717, 1.165) is 18.7 Å². The van der Waals surface area contributed by atoms with Gasteiger partial charge < -0.3 is 10.1 Å². The summed E-state index contributed by atoms with van der Waals surface area (Å²) in [6.45, 7) is 5.43. The summed E-state index contributed by atoms with van der Waals surface area (Å²) in [6.07, 6.45) is 11.8. The van der Waals surface area contributed by atoms with Crippen LogP contribution in [0.5, 0.6) is 5.88 Å². The van der Waals surface area contributed by atoms with Crippen LogP contribution < -0.4 is 10.1 Å². The number of nitrogens with zero attached hydrogens (tertiary/aromatic N) is 2. The molecule has 21 heavy (non-hydrogen) atoms. The van der Waals surface area contributed by atoms with Gasteiger partial charge in [0.1, 0.15) is 6.33 Å². The third-order valence-corrected chi connectivity index (χ3v) is 3.76. The molecule has 0 amide bonds. The Hall–Kier alpha value is -1.16. The van der Waals surface area contributed by atoms with Crippen molar-refractivity contribution in [3.8, 4) is 5.88 Å². The van der Waals surface area contributed by atoms with E-state index in [0.29, 0.717) is 11.9 Å². The highest BCUT2D eigenvalue weighted by Crippen LogP contribution is 2.13. The Morgan fingerprint density at radius 2 is 1.86 bits per heavy atom. The van der Waals surface area contributed by atoms with E-state index < -0.39 is 0 Å². The summed E-state index contributed by atoms with van der Waals surface area (Å²) in [5.41, 5.74) is 1.05. The highest BCUT2D eigenvalue weighted by atomic mass is 16.5. The highest BCUT2D eigenvalue weighted by Gasteiger charge is 2.10. The molecule has 0 aliphatic rings. The van der Waals surface area contributed by atoms with Crippen molar-refractivity contribution in [2.24, 2.45) is 0 Å². The Labute approximate surface area is 129 Å². The Balaban J connectivity index is 2.34. The molecule has 0 fully saturated rings. The van der Waals surface area contributed by atoms with Gasteiger partial charge in [-0.2, -0.15) is 0 Å². The second kappa shape index (κ2) is 11.5. The van der Waals surface area contributed by atoms with Crippen LogP contribution in [0.3, 0.4) is 0 Å². The zero-order chi connectivity index (χ0) is 15.3. The number of hydrogen-bond acceptors (Lipinski definition) is 4. The number of methoxy groups -OCH3 is 1. The third-order valence-electron chi connectivity index (χ3n) is 3.76. The molecule has 0 saturated heterocycles. The van der Waals surface area contributed by atoms with Gasteiger partial charge in [0.05, 0.1) is 7.11 Å². The van der Waals surface area contributed by atoms with Crippen LogP contribution in [-0.2, 0) is 6.42 Å². The van der Waals surface area contributed by atoms with E-state index >= 15 is 0 Å². The number of hydrogen-bond donors (Lipinski definition) is 1. The third kappa shape index (κ3) is 8.00. The summed E-state index contributed by atoms with van der Waals surface area (Å²) >= 11 is 0. The van der Waals surface area contributed by atoms with Crippen LogP contribution in [-0.4, -0.2) is 29.7 Å². The van der Waals surface area contributed by atoms with Crippen LogP contribution in [0.25, 0.3) is 0 Å². The average Bonchev–Trinajstić information content (AvgIpc) is 2.51. The van der Waals surface area contributed by atoms with E-state index in [1.54, 1.807) is 13.4 Å². The lowest BCUT2D eigenvalue weighted by atomic mass is 10.0. The van der Waals surface area contributed by atoms with Gasteiger partial charge in [0.2, 0.25) is 5.88 Å². The van der Waals surface area contributed by atoms with Crippen LogP contribution in [0.15, 0.2) is 12.4 Å². The molecule has 0 aromatic carbocycles. The van der Waals surface area contributed by atoms with Gasteiger partial charge in [-0.05, 0) is 13.0 Å². The number of likely N-dealkylation sites (N-methyl/N-ethyl adjacent to an activating group) is 1. The molecule has 0 saturated carbocycles. The van der Waals surface area contributed by atoms with E-state index in [4.69, 9.17) is 4.74 Å². The van der Waals surface area contributed by atoms with Gasteiger partial charge in [0, 0.05) is 24.2 Å². The number of nitrogens with one attached hydrogen (secondary N) is 1. The summed E-state index contributed by atoms with van der Waals surface area (Å²) in [4.78, 5) is 8.41. The second-order valence-electron chi connectivity index (χ2n) is 5.57. The molecular weight excluding hydrogens is 262 g/mol. The second-order valence-corrected chi connectivity index (χ2v) is 5.57. The zero-order valence-corrected chi connectivity index (χ0v) is 13.9. The minimum Gasteiger partial charge on any atom is -0.481 e. The molecule has 1 aromatic heterocycles. The maximum Gasteiger partial charge on any atom is 0.216 e. The molecule has 120 valence electrons. The van der Waals surface area contributed by atoms with E-state index in [-0.39, 0.29) is 0 Å². The minimum absolute atomic E-state index is 0.501. The smallest absolute Gasteiger partial charge is 0.216 e. The molecule has 1 unspecified atom stereocenters. The van der Waals surface area contributed by atoms with Crippen molar-refractivity contribution in [3.05, 3.63) is 18.1 Å². The Morgan fingerprint density at radius 1 is 1.10 bits per heavy atom. The Morgan fingerprint density at radius 3 is 2.57 bits per heavy atom. The highest BCUT2D eigenvalue weighted by molar-refractivity contribution is 5.14. The van der Waals surface area contributed by atoms with Crippen molar-refractivity contribution in [2.75, 3.05) is 13.7 Å². The first-order chi connectivity index (χ1) is 10.3. The summed E-state index contributed by atoms with van der Waals surface area (Å²) in [5, 5.41) is 3.57. The lowest BCUT2D eigenvalue weighted by Gasteiger charge is -2.17. The normalized spacial score (nSPS) is 12.3. The molecule has 1 aromatic rings. The topological polar surface area (TPSA) is 47.0 Å². The van der Waals surface area contributed by atoms with Gasteiger partial charge in [-0.15, -0.1) is 0 Å². The quantitative estimate of drug-likeness (QED) is 0.596. The van der Waals surface area contributed by atoms with Crippen LogP contribution in [0, 0.1) is 0 Å². The van der Waals surface area contributed by atoms with Crippen molar-refractivity contribution in [1.29, 1.82) is 0 Å². The Bertz CT molecular complexity index is 371. The fourth-order valence-electron chi connectivity index (χ4n) is 2.59. The van der Waals surface area contributed by atoms with Crippen molar-refractivity contribution in [2.45, 2.75) is 71.3 Å². The lowest BCUT2D eigenvalue weighted by molar-refractivity contribution is 0.394. The van der Waals surface area contributed by atoms with Crippen LogP contribution in [0.2, 0.25) is 0 Å². The van der Waals surface area contributed by atoms with E-state index in [1.165, 1.54) is 44.9 Å². The van der Waals surface area contributed by atoms with Gasteiger partial charge >= 0.3 is 0 Å². The molecular formula is C17H31N3O. The predicted molar refractivity (Wildman–Crippen MR) is 87.7 cm³/mol. The molecule has 0 spiro atoms. The fraction of sp³-hybridized carbons (Fsp3) is 0.765. The van der Waals surface area contributed by atoms with E-state index in [1.807, 2.05) is 6.07 Å². The van der Waals surface area contributed by atoms with Gasteiger partial charge in [0.15, 0.2) is 0 Å². The number of unbranched alkanes of at least 4 members (excludes halogenated alkanes) is 5. The molecule has 1 N–H and O–H groups in total. The minimum atomic E-state index is 0.501. The van der Waals surface area contributed by atoms with Crippen LogP contribution in [0.1, 0.15) is 64.5 Å². The number of rotatable bonds is 12. The molecule has 0 aliphatic carbocycles. The Kier molecular flexibility index (Phi) is 9.79. The van der Waals surface area contributed by atoms with Gasteiger partial charge in [-0.3, -0.25) is 0 Å². The van der Waals surface area contributed by atoms with Crippen LogP contribution in [0.4, 0.5) is 0 Å². The standard InChI is InChI=1S/C17H31N3O/c1-4-6-7-8-9-10-11-15(18-5-2)12-16-13-17(21-3)20-14-19-16/h13-15,18H,4-12H2,1-3H3. The number of aromatic nitrogens is 2. The molecule has 1 atom stereocenters. The first kappa shape index (κ1) is 17.9. The maximum atomic E-state index is 5.16. The molecule has 0 bridgehead atoms. The average molecular weight is 293 g/mol. The molecule has 1 rings (SSSR count). The number of ether oxygens (including phenoxy) is 1. The summed E-state index contributed by atoms with van der Waals surface area (Å²) in [5.74, 6) is 0.648. The fourth-order valence-corrected chi connectivity index (χ4v) is 2.59. The van der Waals surface area contributed by atoms with E-state index in [9.17, 15) is 0 Å². The summed E-state index contributed by atoms with van der Waals surface area (Å²) in [6, 6.07) is 2.44. The molecule has 4 nitrogen and oxygen atoms in total. The van der Waals surface area contributed by atoms with Crippen molar-refractivity contribution >= 4 is 0 Å². The molecule has 0 aliphatic heterocycles.